The fourth-order valence-electron chi connectivity index (χ4n) is 1.33. The second kappa shape index (κ2) is 5.51. The SMILES string of the molecule is CNc1ncc(Br)c(Sc2cccc(C)c2)n1. The maximum Gasteiger partial charge on any atom is 0.223 e. The van der Waals surface area contributed by atoms with Crippen molar-refractivity contribution in [2.45, 2.75) is 16.8 Å². The van der Waals surface area contributed by atoms with Gasteiger partial charge in [0.1, 0.15) is 5.03 Å². The van der Waals surface area contributed by atoms with Gasteiger partial charge in [-0.15, -0.1) is 0 Å². The molecule has 17 heavy (non-hydrogen) atoms. The van der Waals surface area contributed by atoms with Crippen molar-refractivity contribution in [3.63, 3.8) is 0 Å². The van der Waals surface area contributed by atoms with Crippen molar-refractivity contribution in [3.05, 3.63) is 40.5 Å². The van der Waals surface area contributed by atoms with Crippen molar-refractivity contribution in [2.24, 2.45) is 0 Å². The van der Waals surface area contributed by atoms with Crippen LogP contribution in [0.4, 0.5) is 5.95 Å². The van der Waals surface area contributed by atoms with E-state index in [0.717, 1.165) is 9.50 Å². The molecule has 0 aliphatic carbocycles. The first-order valence-corrected chi connectivity index (χ1v) is 6.75. The number of aromatic nitrogens is 2. The molecular weight excluding hydrogens is 298 g/mol. The minimum absolute atomic E-state index is 0.628. The molecule has 3 nitrogen and oxygen atoms in total. The molecule has 0 radical (unpaired) electrons. The van der Waals surface area contributed by atoms with Gasteiger partial charge in [-0.25, -0.2) is 9.97 Å². The van der Waals surface area contributed by atoms with Crippen LogP contribution in [0.15, 0.2) is 44.9 Å². The van der Waals surface area contributed by atoms with Crippen LogP contribution < -0.4 is 5.32 Å². The van der Waals surface area contributed by atoms with Crippen molar-refractivity contribution < 1.29 is 0 Å². The van der Waals surface area contributed by atoms with Crippen LogP contribution in [0.1, 0.15) is 5.56 Å². The molecule has 2 rings (SSSR count). The van der Waals surface area contributed by atoms with Gasteiger partial charge in [0.05, 0.1) is 4.47 Å². The monoisotopic (exact) mass is 309 g/mol. The number of rotatable bonds is 3. The summed E-state index contributed by atoms with van der Waals surface area (Å²) >= 11 is 5.08. The van der Waals surface area contributed by atoms with Crippen LogP contribution in [0.5, 0.6) is 0 Å². The molecular formula is C12H12BrN3S. The van der Waals surface area contributed by atoms with Gasteiger partial charge in [-0.3, -0.25) is 0 Å². The minimum atomic E-state index is 0.628. The average molecular weight is 310 g/mol. The molecule has 0 bridgehead atoms. The minimum Gasteiger partial charge on any atom is -0.357 e. The van der Waals surface area contributed by atoms with Crippen molar-refractivity contribution in [1.82, 2.24) is 9.97 Å². The molecule has 1 N–H and O–H groups in total. The van der Waals surface area contributed by atoms with E-state index in [0.29, 0.717) is 5.95 Å². The summed E-state index contributed by atoms with van der Waals surface area (Å²) in [6.45, 7) is 2.08. The maximum atomic E-state index is 4.41. The smallest absolute Gasteiger partial charge is 0.223 e. The van der Waals surface area contributed by atoms with Gasteiger partial charge in [-0.05, 0) is 35.0 Å². The summed E-state index contributed by atoms with van der Waals surface area (Å²) in [4.78, 5) is 9.72. The zero-order valence-corrected chi connectivity index (χ0v) is 12.0. The highest BCUT2D eigenvalue weighted by Crippen LogP contribution is 2.32. The summed E-state index contributed by atoms with van der Waals surface area (Å²) in [5, 5.41) is 3.85. The molecule has 0 unspecified atom stereocenters. The van der Waals surface area contributed by atoms with E-state index in [2.05, 4.69) is 56.3 Å². The van der Waals surface area contributed by atoms with Gasteiger partial charge in [-0.2, -0.15) is 0 Å². The predicted octanol–water partition coefficient (Wildman–Crippen LogP) is 3.74. The third kappa shape index (κ3) is 3.20. The molecule has 1 aromatic carbocycles. The Morgan fingerprint density at radius 2 is 2.18 bits per heavy atom. The van der Waals surface area contributed by atoms with Crippen LogP contribution in [0.3, 0.4) is 0 Å². The van der Waals surface area contributed by atoms with Gasteiger partial charge in [0.25, 0.3) is 0 Å². The van der Waals surface area contributed by atoms with Gasteiger partial charge in [0, 0.05) is 18.1 Å². The average Bonchev–Trinajstić information content (AvgIpc) is 2.32. The summed E-state index contributed by atoms with van der Waals surface area (Å²) in [7, 11) is 1.81. The first-order valence-electron chi connectivity index (χ1n) is 5.14. The van der Waals surface area contributed by atoms with E-state index in [9.17, 15) is 0 Å². The molecule has 0 amide bonds. The van der Waals surface area contributed by atoms with Crippen molar-refractivity contribution in [2.75, 3.05) is 12.4 Å². The summed E-state index contributed by atoms with van der Waals surface area (Å²) in [6.07, 6.45) is 1.76. The molecule has 2 aromatic rings. The van der Waals surface area contributed by atoms with E-state index in [1.807, 2.05) is 13.1 Å². The topological polar surface area (TPSA) is 37.8 Å². The normalized spacial score (nSPS) is 10.3. The molecule has 0 spiro atoms. The Hall–Kier alpha value is -1.07. The molecule has 0 atom stereocenters. The number of hydrogen-bond acceptors (Lipinski definition) is 4. The summed E-state index contributed by atoms with van der Waals surface area (Å²) < 4.78 is 0.906. The Kier molecular flexibility index (Phi) is 4.02. The maximum absolute atomic E-state index is 4.41. The Bertz CT molecular complexity index is 531. The molecule has 0 aliphatic rings. The fourth-order valence-corrected chi connectivity index (χ4v) is 2.66. The first-order chi connectivity index (χ1) is 8.19. The molecule has 0 saturated heterocycles. The van der Waals surface area contributed by atoms with E-state index >= 15 is 0 Å². The van der Waals surface area contributed by atoms with E-state index in [-0.39, 0.29) is 0 Å². The van der Waals surface area contributed by atoms with E-state index < -0.39 is 0 Å². The molecule has 1 heterocycles. The summed E-state index contributed by atoms with van der Waals surface area (Å²) in [5.41, 5.74) is 1.24. The third-order valence-electron chi connectivity index (χ3n) is 2.14. The predicted molar refractivity (Wildman–Crippen MR) is 74.6 cm³/mol. The highest BCUT2D eigenvalue weighted by molar-refractivity contribution is 9.10. The van der Waals surface area contributed by atoms with Crippen LogP contribution in [-0.2, 0) is 0 Å². The number of hydrogen-bond donors (Lipinski definition) is 1. The zero-order valence-electron chi connectivity index (χ0n) is 9.57. The molecule has 0 fully saturated rings. The van der Waals surface area contributed by atoms with Crippen LogP contribution >= 0.6 is 27.7 Å². The van der Waals surface area contributed by atoms with Gasteiger partial charge in [-0.1, -0.05) is 29.5 Å². The first kappa shape index (κ1) is 12.4. The number of nitrogens with zero attached hydrogens (tertiary/aromatic N) is 2. The second-order valence-electron chi connectivity index (χ2n) is 3.52. The summed E-state index contributed by atoms with van der Waals surface area (Å²) in [5.74, 6) is 0.628. The van der Waals surface area contributed by atoms with Gasteiger partial charge >= 0.3 is 0 Å². The zero-order chi connectivity index (χ0) is 12.3. The highest BCUT2D eigenvalue weighted by atomic mass is 79.9. The van der Waals surface area contributed by atoms with Crippen molar-refractivity contribution >= 4 is 33.6 Å². The Morgan fingerprint density at radius 1 is 1.35 bits per heavy atom. The molecule has 5 heteroatoms. The highest BCUT2D eigenvalue weighted by Gasteiger charge is 2.06. The number of aryl methyl sites for hydroxylation is 1. The molecule has 0 saturated carbocycles. The van der Waals surface area contributed by atoms with Gasteiger partial charge < -0.3 is 5.32 Å². The number of halogens is 1. The van der Waals surface area contributed by atoms with Crippen LogP contribution in [0.25, 0.3) is 0 Å². The largest absolute Gasteiger partial charge is 0.357 e. The van der Waals surface area contributed by atoms with Crippen LogP contribution in [0.2, 0.25) is 0 Å². The Morgan fingerprint density at radius 3 is 2.88 bits per heavy atom. The number of benzene rings is 1. The van der Waals surface area contributed by atoms with E-state index in [1.165, 1.54) is 10.5 Å². The van der Waals surface area contributed by atoms with Gasteiger partial charge in [0.2, 0.25) is 5.95 Å². The Balaban J connectivity index is 2.29. The lowest BCUT2D eigenvalue weighted by atomic mass is 10.2. The quantitative estimate of drug-likeness (QED) is 0.877. The lowest BCUT2D eigenvalue weighted by Gasteiger charge is -2.05. The lowest BCUT2D eigenvalue weighted by molar-refractivity contribution is 1.02. The van der Waals surface area contributed by atoms with Crippen LogP contribution in [-0.4, -0.2) is 17.0 Å². The lowest BCUT2D eigenvalue weighted by Crippen LogP contribution is -1.97. The van der Waals surface area contributed by atoms with Gasteiger partial charge in [0.15, 0.2) is 0 Å². The number of nitrogens with one attached hydrogen (secondary N) is 1. The fraction of sp³-hybridized carbons (Fsp3) is 0.167. The second-order valence-corrected chi connectivity index (χ2v) is 5.43. The molecule has 1 aromatic heterocycles. The molecule has 88 valence electrons. The van der Waals surface area contributed by atoms with E-state index in [4.69, 9.17) is 0 Å². The van der Waals surface area contributed by atoms with E-state index in [1.54, 1.807) is 18.0 Å². The van der Waals surface area contributed by atoms with Crippen LogP contribution in [0, 0.1) is 6.92 Å². The standard InChI is InChI=1S/C12H12BrN3S/c1-8-4-3-5-9(6-8)17-11-10(13)7-15-12(14-2)16-11/h3-7H,1-2H3,(H,14,15,16). The van der Waals surface area contributed by atoms with Crippen molar-refractivity contribution in [1.29, 1.82) is 0 Å². The Labute approximate surface area is 113 Å². The summed E-state index contributed by atoms with van der Waals surface area (Å²) in [6, 6.07) is 8.34. The molecule has 0 aliphatic heterocycles. The third-order valence-corrected chi connectivity index (χ3v) is 3.98. The number of anilines is 1. The van der Waals surface area contributed by atoms with Crippen molar-refractivity contribution in [3.8, 4) is 0 Å².